The van der Waals surface area contributed by atoms with Crippen LogP contribution in [-0.4, -0.2) is 80.2 Å². The Bertz CT molecular complexity index is 1530. The number of carbonyl (C=O) groups is 3. The second-order valence-electron chi connectivity index (χ2n) is 9.92. The highest BCUT2D eigenvalue weighted by Crippen LogP contribution is 2.48. The van der Waals surface area contributed by atoms with Crippen LogP contribution in [0, 0.1) is 0 Å². The topological polar surface area (TPSA) is 135 Å². The summed E-state index contributed by atoms with van der Waals surface area (Å²) in [5.41, 5.74) is 1.72. The molecule has 0 spiro atoms. The number of hydrogen-bond acceptors (Lipinski definition) is 9. The molecule has 11 nitrogen and oxygen atoms in total. The molecule has 5 rings (SSSR count). The molecule has 1 amide bonds. The minimum atomic E-state index is -1.26. The van der Waals surface area contributed by atoms with E-state index in [-0.39, 0.29) is 12.7 Å². The zero-order valence-electron chi connectivity index (χ0n) is 24.7. The number of anilines is 1. The number of ether oxygens (including phenoxy) is 4. The molecule has 0 saturated heterocycles. The third kappa shape index (κ3) is 9.55. The first-order chi connectivity index (χ1) is 21.6. The number of aliphatic carboxylic acids is 2. The highest BCUT2D eigenvalue weighted by Gasteiger charge is 2.34. The maximum atomic E-state index is 13.2. The third-order valence-corrected chi connectivity index (χ3v) is 8.20. The van der Waals surface area contributed by atoms with Crippen molar-refractivity contribution in [2.45, 2.75) is 16.6 Å². The molecule has 0 aromatic heterocycles. The molecule has 0 fully saturated rings. The summed E-state index contributed by atoms with van der Waals surface area (Å²) in [6.45, 7) is 2.97. The molecule has 1 atom stereocenters. The van der Waals surface area contributed by atoms with Crippen LogP contribution in [0.3, 0.4) is 0 Å². The number of carbonyl (C=O) groups excluding carboxylic acids is 1. The largest absolute Gasteiger partial charge is 0.493 e. The fraction of sp³-hybridized carbons (Fsp3) is 0.281. The number of halogens is 1. The van der Waals surface area contributed by atoms with E-state index in [0.717, 1.165) is 47.2 Å². The van der Waals surface area contributed by atoms with Gasteiger partial charge in [0.15, 0.2) is 11.5 Å². The second kappa shape index (κ2) is 16.1. The van der Waals surface area contributed by atoms with Crippen LogP contribution in [-0.2, 0) is 14.4 Å². The Hall–Kier alpha value is -4.39. The highest BCUT2D eigenvalue weighted by molar-refractivity contribution is 8.00. The monoisotopic (exact) mass is 656 g/mol. The van der Waals surface area contributed by atoms with Gasteiger partial charge in [0.25, 0.3) is 0 Å². The van der Waals surface area contributed by atoms with Crippen molar-refractivity contribution in [2.75, 3.05) is 52.1 Å². The molecule has 1 unspecified atom stereocenters. The van der Waals surface area contributed by atoms with Gasteiger partial charge < -0.3 is 39.0 Å². The molecule has 2 aliphatic rings. The van der Waals surface area contributed by atoms with E-state index in [1.165, 1.54) is 11.8 Å². The lowest BCUT2D eigenvalue weighted by Crippen LogP contribution is -2.33. The summed E-state index contributed by atoms with van der Waals surface area (Å²) in [6, 6.07) is 19.0. The molecule has 2 N–H and O–H groups in total. The lowest BCUT2D eigenvalue weighted by molar-refractivity contribution is -0.134. The quantitative estimate of drug-likeness (QED) is 0.192. The van der Waals surface area contributed by atoms with Gasteiger partial charge in [-0.25, -0.2) is 9.59 Å². The first kappa shape index (κ1) is 33.5. The van der Waals surface area contributed by atoms with Gasteiger partial charge in [-0.3, -0.25) is 4.79 Å². The molecule has 3 aromatic rings. The van der Waals surface area contributed by atoms with E-state index < -0.39 is 17.2 Å². The van der Waals surface area contributed by atoms with Gasteiger partial charge in [0.05, 0.1) is 12.3 Å². The van der Waals surface area contributed by atoms with Crippen molar-refractivity contribution in [1.29, 1.82) is 0 Å². The van der Waals surface area contributed by atoms with Gasteiger partial charge in [0.1, 0.15) is 23.4 Å². The van der Waals surface area contributed by atoms with Crippen LogP contribution >= 0.6 is 23.4 Å². The predicted octanol–water partition coefficient (Wildman–Crippen LogP) is 5.37. The van der Waals surface area contributed by atoms with Crippen molar-refractivity contribution in [2.24, 2.45) is 0 Å². The summed E-state index contributed by atoms with van der Waals surface area (Å²) >= 11 is 7.86. The number of amides is 1. The Morgan fingerprint density at radius 1 is 1.00 bits per heavy atom. The molecule has 2 heterocycles. The SMILES string of the molecule is CN(CCCOc1ccc(Cl)cc1C1Sc2ccccc2N(C)C1=O)CCOc1ccc2c(c1)OCO2.O=C(O)C=CC(=O)O. The van der Waals surface area contributed by atoms with Gasteiger partial charge in [0, 0.05) is 53.8 Å². The number of carboxylic acid groups (broad SMARTS) is 2. The van der Waals surface area contributed by atoms with Crippen molar-refractivity contribution in [3.8, 4) is 23.0 Å². The van der Waals surface area contributed by atoms with Gasteiger partial charge in [-0.15, -0.1) is 11.8 Å². The minimum Gasteiger partial charge on any atom is -0.493 e. The Morgan fingerprint density at radius 2 is 1.73 bits per heavy atom. The minimum absolute atomic E-state index is 0.0120. The van der Waals surface area contributed by atoms with Crippen LogP contribution in [0.4, 0.5) is 5.69 Å². The summed E-state index contributed by atoms with van der Waals surface area (Å²) in [5.74, 6) is 0.416. The zero-order valence-corrected chi connectivity index (χ0v) is 26.3. The van der Waals surface area contributed by atoms with Gasteiger partial charge in [-0.1, -0.05) is 23.7 Å². The first-order valence-electron chi connectivity index (χ1n) is 13.9. The smallest absolute Gasteiger partial charge is 0.328 e. The lowest BCUT2D eigenvalue weighted by atomic mass is 10.1. The summed E-state index contributed by atoms with van der Waals surface area (Å²) in [4.78, 5) is 37.3. The van der Waals surface area contributed by atoms with Crippen molar-refractivity contribution in [3.63, 3.8) is 0 Å². The summed E-state index contributed by atoms with van der Waals surface area (Å²) in [7, 11) is 3.87. The van der Waals surface area contributed by atoms with E-state index in [0.29, 0.717) is 41.9 Å². The van der Waals surface area contributed by atoms with E-state index in [4.69, 9.17) is 40.8 Å². The van der Waals surface area contributed by atoms with Crippen molar-refractivity contribution in [1.82, 2.24) is 4.90 Å². The maximum absolute atomic E-state index is 13.2. The van der Waals surface area contributed by atoms with Gasteiger partial charge in [0.2, 0.25) is 12.7 Å². The number of para-hydroxylation sites is 1. The number of thioether (sulfide) groups is 1. The van der Waals surface area contributed by atoms with Crippen molar-refractivity contribution >= 4 is 46.9 Å². The van der Waals surface area contributed by atoms with Crippen molar-refractivity contribution in [3.05, 3.63) is 83.4 Å². The molecule has 0 bridgehead atoms. The fourth-order valence-corrected chi connectivity index (χ4v) is 5.90. The van der Waals surface area contributed by atoms with Crippen LogP contribution in [0.2, 0.25) is 5.02 Å². The van der Waals surface area contributed by atoms with E-state index in [1.807, 2.05) is 61.6 Å². The molecular formula is C32H33ClN2O9S. The zero-order chi connectivity index (χ0) is 32.3. The van der Waals surface area contributed by atoms with Crippen LogP contribution in [0.25, 0.3) is 0 Å². The molecule has 238 valence electrons. The number of benzene rings is 3. The molecule has 2 aliphatic heterocycles. The molecule has 0 aliphatic carbocycles. The first-order valence-corrected chi connectivity index (χ1v) is 15.2. The molecule has 13 heteroatoms. The Labute approximate surface area is 269 Å². The summed E-state index contributed by atoms with van der Waals surface area (Å²) in [5, 5.41) is 15.8. The normalized spacial score (nSPS) is 15.0. The standard InChI is InChI=1S/C28H29ClN2O5S.C4H4O4/c1-30(13-15-33-20-9-11-24-25(17-20)36-18-35-24)12-5-14-34-23-10-8-19(29)16-21(23)27-28(32)31(2)22-6-3-4-7-26(22)37-27;5-3(6)1-2-4(7)8/h3-4,6-11,16-17,27H,5,12-15,18H2,1-2H3;1-2H,(H,5,6)(H,7,8). The Kier molecular flexibility index (Phi) is 12.0. The number of likely N-dealkylation sites (N-methyl/N-ethyl adjacent to an activating group) is 2. The molecule has 3 aromatic carbocycles. The average molecular weight is 657 g/mol. The summed E-state index contributed by atoms with van der Waals surface area (Å²) < 4.78 is 22.7. The van der Waals surface area contributed by atoms with Crippen LogP contribution in [0.5, 0.6) is 23.0 Å². The number of rotatable bonds is 12. The van der Waals surface area contributed by atoms with E-state index in [1.54, 1.807) is 11.0 Å². The van der Waals surface area contributed by atoms with Crippen LogP contribution < -0.4 is 23.8 Å². The van der Waals surface area contributed by atoms with Gasteiger partial charge >= 0.3 is 11.9 Å². The van der Waals surface area contributed by atoms with Gasteiger partial charge in [-0.2, -0.15) is 0 Å². The Morgan fingerprint density at radius 3 is 2.49 bits per heavy atom. The van der Waals surface area contributed by atoms with Crippen molar-refractivity contribution < 1.29 is 43.5 Å². The molecule has 0 radical (unpaired) electrons. The molecule has 45 heavy (non-hydrogen) atoms. The highest BCUT2D eigenvalue weighted by atomic mass is 35.5. The van der Waals surface area contributed by atoms with Crippen LogP contribution in [0.1, 0.15) is 17.2 Å². The average Bonchev–Trinajstić information content (AvgIpc) is 3.49. The predicted molar refractivity (Wildman–Crippen MR) is 170 cm³/mol. The number of hydrogen-bond donors (Lipinski definition) is 2. The number of nitrogens with zero attached hydrogens (tertiary/aromatic N) is 2. The van der Waals surface area contributed by atoms with Gasteiger partial charge in [-0.05, 0) is 55.9 Å². The Balaban J connectivity index is 0.000000510. The maximum Gasteiger partial charge on any atom is 0.328 e. The molecular weight excluding hydrogens is 624 g/mol. The number of fused-ring (bicyclic) bond motifs is 2. The van der Waals surface area contributed by atoms with E-state index in [2.05, 4.69) is 11.9 Å². The van der Waals surface area contributed by atoms with E-state index >= 15 is 0 Å². The molecule has 0 saturated carbocycles. The number of carboxylic acids is 2. The van der Waals surface area contributed by atoms with Crippen LogP contribution in [0.15, 0.2) is 77.7 Å². The summed E-state index contributed by atoms with van der Waals surface area (Å²) in [6.07, 6.45) is 1.95. The second-order valence-corrected chi connectivity index (χ2v) is 11.5. The lowest BCUT2D eigenvalue weighted by Gasteiger charge is -2.31. The fourth-order valence-electron chi connectivity index (χ4n) is 4.42. The van der Waals surface area contributed by atoms with E-state index in [9.17, 15) is 14.4 Å². The third-order valence-electron chi connectivity index (χ3n) is 6.68.